The van der Waals surface area contributed by atoms with Gasteiger partial charge in [-0.2, -0.15) is 9.97 Å². The van der Waals surface area contributed by atoms with E-state index in [4.69, 9.17) is 15.0 Å². The molecule has 0 bridgehead atoms. The van der Waals surface area contributed by atoms with Crippen LogP contribution in [0.25, 0.3) is 83.2 Å². The zero-order valence-electron chi connectivity index (χ0n) is 24.3. The quantitative estimate of drug-likeness (QED) is 0.210. The Balaban J connectivity index is 1.26. The number of hydrogen-bond acceptors (Lipinski definition) is 3. The first kappa shape index (κ1) is 25.4. The highest BCUT2D eigenvalue weighted by Crippen LogP contribution is 2.37. The van der Waals surface area contributed by atoms with Gasteiger partial charge in [0.25, 0.3) is 0 Å². The van der Waals surface area contributed by atoms with Crippen molar-refractivity contribution >= 4 is 43.4 Å². The molecule has 9 aromatic rings. The lowest BCUT2D eigenvalue weighted by molar-refractivity contribution is 0.953. The van der Waals surface area contributed by atoms with Crippen LogP contribution in [-0.4, -0.2) is 19.5 Å². The van der Waals surface area contributed by atoms with Crippen molar-refractivity contribution in [2.75, 3.05) is 0 Å². The van der Waals surface area contributed by atoms with Gasteiger partial charge in [-0.1, -0.05) is 146 Å². The SMILES string of the molecule is c1ccc(-c2nc(-c3ccc(-c4cccc5ccccc45)cc3)nc(-n3c4ccccc4c4c5ccccc5ccc43)n2)cc1. The van der Waals surface area contributed by atoms with Crippen molar-refractivity contribution in [2.24, 2.45) is 0 Å². The number of nitrogens with zero attached hydrogens (tertiary/aromatic N) is 4. The number of rotatable bonds is 4. The molecule has 0 saturated carbocycles. The van der Waals surface area contributed by atoms with Crippen LogP contribution in [0.1, 0.15) is 0 Å². The molecule has 210 valence electrons. The van der Waals surface area contributed by atoms with Gasteiger partial charge in [0.2, 0.25) is 5.95 Å². The van der Waals surface area contributed by atoms with Crippen LogP contribution < -0.4 is 0 Å². The second-order valence-corrected chi connectivity index (χ2v) is 11.3. The molecule has 2 heterocycles. The molecule has 0 atom stereocenters. The lowest BCUT2D eigenvalue weighted by atomic mass is 9.97. The van der Waals surface area contributed by atoms with Crippen molar-refractivity contribution in [3.05, 3.63) is 158 Å². The maximum atomic E-state index is 5.15. The van der Waals surface area contributed by atoms with Crippen molar-refractivity contribution in [2.45, 2.75) is 0 Å². The third-order valence-electron chi connectivity index (χ3n) is 8.66. The maximum Gasteiger partial charge on any atom is 0.238 e. The molecule has 0 saturated heterocycles. The largest absolute Gasteiger partial charge is 0.278 e. The second-order valence-electron chi connectivity index (χ2n) is 11.3. The predicted octanol–water partition coefficient (Wildman–Crippen LogP) is 10.3. The van der Waals surface area contributed by atoms with Crippen molar-refractivity contribution in [1.82, 2.24) is 19.5 Å². The Hall–Kier alpha value is -6.13. The fourth-order valence-electron chi connectivity index (χ4n) is 6.54. The zero-order valence-corrected chi connectivity index (χ0v) is 24.3. The van der Waals surface area contributed by atoms with Crippen LogP contribution in [0.2, 0.25) is 0 Å². The summed E-state index contributed by atoms with van der Waals surface area (Å²) in [6.07, 6.45) is 0. The summed E-state index contributed by atoms with van der Waals surface area (Å²) < 4.78 is 2.18. The summed E-state index contributed by atoms with van der Waals surface area (Å²) in [6, 6.07) is 55.1. The Morgan fingerprint density at radius 3 is 1.71 bits per heavy atom. The zero-order chi connectivity index (χ0) is 29.7. The summed E-state index contributed by atoms with van der Waals surface area (Å²) in [5.41, 5.74) is 6.37. The van der Waals surface area contributed by atoms with Gasteiger partial charge < -0.3 is 0 Å². The van der Waals surface area contributed by atoms with Crippen LogP contribution in [0.4, 0.5) is 0 Å². The van der Waals surface area contributed by atoms with Crippen LogP contribution in [0.5, 0.6) is 0 Å². The Labute approximate surface area is 259 Å². The number of fused-ring (bicyclic) bond motifs is 6. The first-order valence-electron chi connectivity index (χ1n) is 15.1. The van der Waals surface area contributed by atoms with Crippen molar-refractivity contribution in [3.8, 4) is 39.9 Å². The Morgan fingerprint density at radius 1 is 0.356 bits per heavy atom. The lowest BCUT2D eigenvalue weighted by Gasteiger charge is -2.12. The molecule has 0 aliphatic heterocycles. The molecule has 4 heteroatoms. The summed E-state index contributed by atoms with van der Waals surface area (Å²) in [5.74, 6) is 1.87. The summed E-state index contributed by atoms with van der Waals surface area (Å²) in [7, 11) is 0. The van der Waals surface area contributed by atoms with Gasteiger partial charge in [-0.15, -0.1) is 0 Å². The van der Waals surface area contributed by atoms with Gasteiger partial charge in [-0.05, 0) is 44.8 Å². The van der Waals surface area contributed by atoms with Gasteiger partial charge in [0.15, 0.2) is 11.6 Å². The minimum Gasteiger partial charge on any atom is -0.278 e. The molecule has 9 rings (SSSR count). The molecule has 7 aromatic carbocycles. The number of benzene rings is 7. The molecule has 0 amide bonds. The van der Waals surface area contributed by atoms with Gasteiger partial charge in [-0.25, -0.2) is 4.98 Å². The monoisotopic (exact) mass is 574 g/mol. The minimum atomic E-state index is 0.596. The van der Waals surface area contributed by atoms with Gasteiger partial charge in [-0.3, -0.25) is 4.57 Å². The number of para-hydroxylation sites is 1. The summed E-state index contributed by atoms with van der Waals surface area (Å²) >= 11 is 0. The molecule has 0 radical (unpaired) electrons. The number of aromatic nitrogens is 4. The van der Waals surface area contributed by atoms with Gasteiger partial charge in [0.1, 0.15) is 0 Å². The van der Waals surface area contributed by atoms with E-state index in [2.05, 4.69) is 132 Å². The molecule has 0 spiro atoms. The molecule has 0 aliphatic rings. The van der Waals surface area contributed by atoms with E-state index in [1.807, 2.05) is 30.3 Å². The molecule has 2 aromatic heterocycles. The summed E-state index contributed by atoms with van der Waals surface area (Å²) in [5, 5.41) is 7.26. The third kappa shape index (κ3) is 4.19. The van der Waals surface area contributed by atoms with Crippen LogP contribution in [0, 0.1) is 0 Å². The van der Waals surface area contributed by atoms with Crippen LogP contribution in [-0.2, 0) is 0 Å². The molecular weight excluding hydrogens is 548 g/mol. The predicted molar refractivity (Wildman–Crippen MR) is 185 cm³/mol. The molecule has 0 unspecified atom stereocenters. The molecule has 0 fully saturated rings. The van der Waals surface area contributed by atoms with E-state index in [0.29, 0.717) is 17.6 Å². The fourth-order valence-corrected chi connectivity index (χ4v) is 6.54. The average molecular weight is 575 g/mol. The standard InChI is InChI=1S/C41H26N4/c1-2-13-30(14-3-1)39-42-40(31-23-21-29(22-24-31)33-19-10-15-27-11-4-6-16-32(27)33)44-41(43-39)45-36-20-9-8-18-35(36)38-34-17-7-5-12-28(34)25-26-37(38)45/h1-26H. The molecule has 4 nitrogen and oxygen atoms in total. The fraction of sp³-hybridized carbons (Fsp3) is 0. The van der Waals surface area contributed by atoms with Crippen LogP contribution >= 0.6 is 0 Å². The van der Waals surface area contributed by atoms with Crippen molar-refractivity contribution < 1.29 is 0 Å². The average Bonchev–Trinajstić information content (AvgIpc) is 3.47. The van der Waals surface area contributed by atoms with E-state index in [0.717, 1.165) is 27.7 Å². The van der Waals surface area contributed by atoms with Crippen molar-refractivity contribution in [3.63, 3.8) is 0 Å². The number of hydrogen-bond donors (Lipinski definition) is 0. The Morgan fingerprint density at radius 2 is 0.933 bits per heavy atom. The molecular formula is C41H26N4. The summed E-state index contributed by atoms with van der Waals surface area (Å²) in [4.78, 5) is 15.2. The van der Waals surface area contributed by atoms with E-state index in [1.54, 1.807) is 0 Å². The first-order valence-corrected chi connectivity index (χ1v) is 15.1. The second kappa shape index (κ2) is 10.2. The smallest absolute Gasteiger partial charge is 0.238 e. The van der Waals surface area contributed by atoms with Gasteiger partial charge in [0.05, 0.1) is 11.0 Å². The van der Waals surface area contributed by atoms with E-state index in [-0.39, 0.29) is 0 Å². The lowest BCUT2D eigenvalue weighted by Crippen LogP contribution is -2.06. The normalized spacial score (nSPS) is 11.6. The van der Waals surface area contributed by atoms with Gasteiger partial charge >= 0.3 is 0 Å². The molecule has 45 heavy (non-hydrogen) atoms. The van der Waals surface area contributed by atoms with Crippen molar-refractivity contribution in [1.29, 1.82) is 0 Å². The van der Waals surface area contributed by atoms with E-state index < -0.39 is 0 Å². The maximum absolute atomic E-state index is 5.15. The molecule has 0 aliphatic carbocycles. The van der Waals surface area contributed by atoms with E-state index >= 15 is 0 Å². The van der Waals surface area contributed by atoms with E-state index in [1.165, 1.54) is 37.9 Å². The first-order chi connectivity index (χ1) is 22.3. The highest BCUT2D eigenvalue weighted by Gasteiger charge is 2.19. The highest BCUT2D eigenvalue weighted by atomic mass is 15.2. The topological polar surface area (TPSA) is 43.6 Å². The Bertz CT molecular complexity index is 2520. The third-order valence-corrected chi connectivity index (χ3v) is 8.66. The Kier molecular flexibility index (Phi) is 5.78. The van der Waals surface area contributed by atoms with Crippen LogP contribution in [0.15, 0.2) is 158 Å². The minimum absolute atomic E-state index is 0.596. The highest BCUT2D eigenvalue weighted by molar-refractivity contribution is 6.21. The van der Waals surface area contributed by atoms with E-state index in [9.17, 15) is 0 Å². The van der Waals surface area contributed by atoms with Gasteiger partial charge in [0, 0.05) is 21.9 Å². The van der Waals surface area contributed by atoms with Crippen LogP contribution in [0.3, 0.4) is 0 Å². The summed E-state index contributed by atoms with van der Waals surface area (Å²) in [6.45, 7) is 0. The molecule has 0 N–H and O–H groups in total.